The van der Waals surface area contributed by atoms with E-state index in [2.05, 4.69) is 41.5 Å². The molecule has 0 fully saturated rings. The molecule has 0 aromatic heterocycles. The van der Waals surface area contributed by atoms with E-state index in [-0.39, 0.29) is 31.1 Å². The Morgan fingerprint density at radius 3 is 0.652 bits per heavy atom. The summed E-state index contributed by atoms with van der Waals surface area (Å²) in [7, 11) is 0. The lowest BCUT2D eigenvalue weighted by Crippen LogP contribution is -2.30. The van der Waals surface area contributed by atoms with Crippen molar-refractivity contribution in [3.8, 4) is 0 Å². The second-order valence-corrected chi connectivity index (χ2v) is 22.1. The molecule has 0 N–H and O–H groups in total. The number of hydrogen-bond donors (Lipinski definition) is 0. The highest BCUT2D eigenvalue weighted by atomic mass is 16.6. The van der Waals surface area contributed by atoms with Crippen LogP contribution in [0.2, 0.25) is 0 Å². The van der Waals surface area contributed by atoms with E-state index in [9.17, 15) is 14.4 Å². The van der Waals surface area contributed by atoms with E-state index in [0.717, 1.165) is 75.5 Å². The predicted molar refractivity (Wildman–Crippen MR) is 284 cm³/mol. The van der Waals surface area contributed by atoms with Gasteiger partial charge in [0.15, 0.2) is 6.10 Å². The highest BCUT2D eigenvalue weighted by Crippen LogP contribution is 2.19. The van der Waals surface area contributed by atoms with Gasteiger partial charge in [-0.15, -0.1) is 0 Å². The Morgan fingerprint density at radius 2 is 0.439 bits per heavy atom. The van der Waals surface area contributed by atoms with Gasteiger partial charge in [-0.25, -0.2) is 0 Å². The van der Waals surface area contributed by atoms with E-state index >= 15 is 0 Å². The molecule has 0 aliphatic carbocycles. The molecule has 66 heavy (non-hydrogen) atoms. The minimum Gasteiger partial charge on any atom is -0.462 e. The van der Waals surface area contributed by atoms with Crippen LogP contribution in [0.25, 0.3) is 0 Å². The minimum absolute atomic E-state index is 0.0638. The Balaban J connectivity index is 4.23. The fraction of sp³-hybridized carbons (Fsp3) is 0.950. The molecule has 0 rings (SSSR count). The van der Waals surface area contributed by atoms with Gasteiger partial charge < -0.3 is 14.2 Å². The van der Waals surface area contributed by atoms with E-state index in [1.165, 1.54) is 212 Å². The molecule has 0 aliphatic heterocycles. The number of carbonyl (C=O) groups excluding carboxylic acids is 3. The SMILES string of the molecule is CC(C)CCCCCCCCCCCCCCCCCCC(=O)OC[C@@H](COC(=O)CCCCCCCCCC(C)C)OC(=O)CCCCCCCCCCCCCCCCCCC(C)C. The molecular formula is C60H116O6. The monoisotopic (exact) mass is 933 g/mol. The number of esters is 3. The average Bonchev–Trinajstić information content (AvgIpc) is 3.28. The topological polar surface area (TPSA) is 78.9 Å². The van der Waals surface area contributed by atoms with Crippen LogP contribution in [-0.2, 0) is 28.6 Å². The number of carbonyl (C=O) groups is 3. The molecule has 0 bridgehead atoms. The van der Waals surface area contributed by atoms with Gasteiger partial charge in [0, 0.05) is 19.3 Å². The first kappa shape index (κ1) is 64.4. The minimum atomic E-state index is -0.764. The number of hydrogen-bond acceptors (Lipinski definition) is 6. The summed E-state index contributed by atoms with van der Waals surface area (Å²) in [5.41, 5.74) is 0. The molecule has 0 aromatic carbocycles. The van der Waals surface area contributed by atoms with Crippen LogP contribution >= 0.6 is 0 Å². The molecule has 0 saturated heterocycles. The Morgan fingerprint density at radius 1 is 0.258 bits per heavy atom. The molecule has 6 heteroatoms. The third-order valence-corrected chi connectivity index (χ3v) is 13.6. The van der Waals surface area contributed by atoms with E-state index in [0.29, 0.717) is 19.3 Å². The van der Waals surface area contributed by atoms with Crippen LogP contribution in [0.5, 0.6) is 0 Å². The summed E-state index contributed by atoms with van der Waals surface area (Å²) >= 11 is 0. The van der Waals surface area contributed by atoms with E-state index in [1.54, 1.807) is 0 Å². The molecular weight excluding hydrogens is 817 g/mol. The summed E-state index contributed by atoms with van der Waals surface area (Å²) < 4.78 is 16.9. The van der Waals surface area contributed by atoms with E-state index in [4.69, 9.17) is 14.2 Å². The zero-order chi connectivity index (χ0) is 48.4. The van der Waals surface area contributed by atoms with Gasteiger partial charge in [0.25, 0.3) is 0 Å². The molecule has 0 aliphatic rings. The fourth-order valence-corrected chi connectivity index (χ4v) is 9.18. The summed E-state index contributed by atoms with van der Waals surface area (Å²) in [6, 6.07) is 0. The molecule has 0 saturated carbocycles. The van der Waals surface area contributed by atoms with Crippen molar-refractivity contribution in [2.24, 2.45) is 17.8 Å². The first-order valence-corrected chi connectivity index (χ1v) is 29.6. The Kier molecular flexibility index (Phi) is 50.0. The van der Waals surface area contributed by atoms with Crippen LogP contribution < -0.4 is 0 Å². The van der Waals surface area contributed by atoms with Crippen LogP contribution in [0.4, 0.5) is 0 Å². The molecule has 392 valence electrons. The lowest BCUT2D eigenvalue weighted by Gasteiger charge is -2.18. The summed E-state index contributed by atoms with van der Waals surface area (Å²) in [5, 5.41) is 0. The van der Waals surface area contributed by atoms with Crippen LogP contribution in [0, 0.1) is 17.8 Å². The maximum absolute atomic E-state index is 12.9. The van der Waals surface area contributed by atoms with Crippen molar-refractivity contribution in [1.82, 2.24) is 0 Å². The van der Waals surface area contributed by atoms with Gasteiger partial charge >= 0.3 is 17.9 Å². The summed E-state index contributed by atoms with van der Waals surface area (Å²) in [5.74, 6) is 1.64. The van der Waals surface area contributed by atoms with Crippen molar-refractivity contribution in [2.75, 3.05) is 13.2 Å². The van der Waals surface area contributed by atoms with Crippen LogP contribution in [0.1, 0.15) is 330 Å². The zero-order valence-electron chi connectivity index (χ0n) is 45.5. The number of unbranched alkanes of at least 4 members (excludes halogenated alkanes) is 36. The third kappa shape index (κ3) is 53.4. The molecule has 0 spiro atoms. The Bertz CT molecular complexity index is 1020. The van der Waals surface area contributed by atoms with Gasteiger partial charge in [0.05, 0.1) is 0 Å². The van der Waals surface area contributed by atoms with Crippen molar-refractivity contribution >= 4 is 17.9 Å². The molecule has 1 atom stereocenters. The van der Waals surface area contributed by atoms with Gasteiger partial charge in [0.1, 0.15) is 13.2 Å². The second-order valence-electron chi connectivity index (χ2n) is 22.1. The molecule has 0 radical (unpaired) electrons. The molecule has 0 unspecified atom stereocenters. The zero-order valence-corrected chi connectivity index (χ0v) is 45.5. The summed E-state index contributed by atoms with van der Waals surface area (Å²) in [4.78, 5) is 38.1. The van der Waals surface area contributed by atoms with E-state index < -0.39 is 6.10 Å². The predicted octanol–water partition coefficient (Wildman–Crippen LogP) is 19.5. The Labute approximate surface area is 412 Å². The van der Waals surface area contributed by atoms with Gasteiger partial charge in [-0.3, -0.25) is 14.4 Å². The first-order valence-electron chi connectivity index (χ1n) is 29.6. The van der Waals surface area contributed by atoms with Gasteiger partial charge in [-0.05, 0) is 37.0 Å². The normalized spacial score (nSPS) is 12.1. The van der Waals surface area contributed by atoms with Crippen molar-refractivity contribution in [2.45, 2.75) is 337 Å². The highest BCUT2D eigenvalue weighted by Gasteiger charge is 2.19. The van der Waals surface area contributed by atoms with Crippen LogP contribution in [0.15, 0.2) is 0 Å². The third-order valence-electron chi connectivity index (χ3n) is 13.6. The average molecular weight is 934 g/mol. The molecule has 0 aromatic rings. The summed E-state index contributed by atoms with van der Waals surface area (Å²) in [6.07, 6.45) is 54.0. The number of ether oxygens (including phenoxy) is 3. The first-order chi connectivity index (χ1) is 32.1. The maximum Gasteiger partial charge on any atom is 0.306 e. The van der Waals surface area contributed by atoms with Crippen molar-refractivity contribution < 1.29 is 28.6 Å². The largest absolute Gasteiger partial charge is 0.462 e. The lowest BCUT2D eigenvalue weighted by molar-refractivity contribution is -0.167. The Hall–Kier alpha value is -1.59. The molecule has 0 heterocycles. The van der Waals surface area contributed by atoms with Gasteiger partial charge in [0.2, 0.25) is 0 Å². The smallest absolute Gasteiger partial charge is 0.306 e. The van der Waals surface area contributed by atoms with Gasteiger partial charge in [-0.2, -0.15) is 0 Å². The standard InChI is InChI=1S/C60H116O6/c1-54(2)46-40-34-28-23-19-15-11-7-9-13-17-21-25-31-37-43-49-58(61)64-52-57(53-65-59(62)50-44-38-33-27-30-36-42-48-56(5)6)66-60(63)51-45-39-32-26-22-18-14-10-8-12-16-20-24-29-35-41-47-55(3)4/h54-57H,7-53H2,1-6H3/t57-/m0/s1. The highest BCUT2D eigenvalue weighted by molar-refractivity contribution is 5.71. The van der Waals surface area contributed by atoms with Crippen molar-refractivity contribution in [3.05, 3.63) is 0 Å². The van der Waals surface area contributed by atoms with E-state index in [1.807, 2.05) is 0 Å². The van der Waals surface area contributed by atoms with Crippen molar-refractivity contribution in [3.63, 3.8) is 0 Å². The summed E-state index contributed by atoms with van der Waals surface area (Å²) in [6.45, 7) is 13.7. The van der Waals surface area contributed by atoms with Crippen molar-refractivity contribution in [1.29, 1.82) is 0 Å². The lowest BCUT2D eigenvalue weighted by atomic mass is 10.0. The second kappa shape index (κ2) is 51.3. The maximum atomic E-state index is 12.9. The van der Waals surface area contributed by atoms with Crippen LogP contribution in [-0.4, -0.2) is 37.2 Å². The molecule has 0 amide bonds. The number of rotatable bonds is 53. The quantitative estimate of drug-likeness (QED) is 0.0343. The van der Waals surface area contributed by atoms with Gasteiger partial charge in [-0.1, -0.05) is 292 Å². The van der Waals surface area contributed by atoms with Crippen LogP contribution in [0.3, 0.4) is 0 Å². The fourth-order valence-electron chi connectivity index (χ4n) is 9.18. The molecule has 6 nitrogen and oxygen atoms in total.